The third kappa shape index (κ3) is 4.20. The summed E-state index contributed by atoms with van der Waals surface area (Å²) in [5.41, 5.74) is 3.18. The zero-order valence-corrected chi connectivity index (χ0v) is 14.4. The fourth-order valence-electron chi connectivity index (χ4n) is 2.23. The Morgan fingerprint density at radius 2 is 1.57 bits per heavy atom. The minimum atomic E-state index is -3.41. The van der Waals surface area contributed by atoms with Gasteiger partial charge in [0.25, 0.3) is 0 Å². The van der Waals surface area contributed by atoms with Gasteiger partial charge < -0.3 is 0 Å². The van der Waals surface area contributed by atoms with Gasteiger partial charge in [-0.3, -0.25) is 9.10 Å². The highest BCUT2D eigenvalue weighted by atomic mass is 32.2. The number of carbonyl (C=O) groups excluding carboxylic acids is 1. The van der Waals surface area contributed by atoms with E-state index in [1.54, 1.807) is 31.2 Å². The minimum Gasteiger partial charge on any atom is -0.295 e. The smallest absolute Gasteiger partial charge is 0.235 e. The van der Waals surface area contributed by atoms with Crippen LogP contribution < -0.4 is 4.31 Å². The number of hydrogen-bond acceptors (Lipinski definition) is 3. The molecule has 122 valence electrons. The van der Waals surface area contributed by atoms with Crippen LogP contribution in [0.25, 0.3) is 0 Å². The fourth-order valence-corrected chi connectivity index (χ4v) is 3.33. The Balaban J connectivity index is 2.38. The molecule has 5 heteroatoms. The van der Waals surface area contributed by atoms with E-state index in [0.29, 0.717) is 11.3 Å². The van der Waals surface area contributed by atoms with Gasteiger partial charge in [-0.25, -0.2) is 8.42 Å². The van der Waals surface area contributed by atoms with Crippen molar-refractivity contribution in [3.05, 3.63) is 65.2 Å². The van der Waals surface area contributed by atoms with Crippen molar-refractivity contribution in [3.8, 4) is 0 Å². The fraction of sp³-hybridized carbons (Fsp3) is 0.278. The molecular weight excluding hydrogens is 310 g/mol. The number of anilines is 1. The molecule has 23 heavy (non-hydrogen) atoms. The van der Waals surface area contributed by atoms with Gasteiger partial charge in [-0.05, 0) is 50.6 Å². The lowest BCUT2D eigenvalue weighted by Crippen LogP contribution is -2.31. The molecule has 2 rings (SSSR count). The Morgan fingerprint density at radius 3 is 2.04 bits per heavy atom. The molecular formula is C18H21NO3S. The molecule has 0 aliphatic heterocycles. The molecule has 0 bridgehead atoms. The minimum absolute atomic E-state index is 0.0212. The highest BCUT2D eigenvalue weighted by molar-refractivity contribution is 7.92. The van der Waals surface area contributed by atoms with E-state index in [-0.39, 0.29) is 18.1 Å². The first kappa shape index (κ1) is 17.2. The summed E-state index contributed by atoms with van der Waals surface area (Å²) in [7, 11) is -3.41. The number of rotatable bonds is 6. The largest absolute Gasteiger partial charge is 0.295 e. The average Bonchev–Trinajstić information content (AvgIpc) is 2.54. The van der Waals surface area contributed by atoms with Crippen molar-refractivity contribution in [1.82, 2.24) is 0 Å². The second-order valence-electron chi connectivity index (χ2n) is 5.50. The van der Waals surface area contributed by atoms with Crippen molar-refractivity contribution in [2.45, 2.75) is 27.3 Å². The van der Waals surface area contributed by atoms with Crippen molar-refractivity contribution < 1.29 is 13.2 Å². The van der Waals surface area contributed by atoms with Crippen molar-refractivity contribution in [2.75, 3.05) is 10.1 Å². The Kier molecular flexibility index (Phi) is 5.21. The van der Waals surface area contributed by atoms with Crippen LogP contribution in [-0.4, -0.2) is 20.0 Å². The molecule has 0 heterocycles. The summed E-state index contributed by atoms with van der Waals surface area (Å²) in [6.07, 6.45) is 0. The molecule has 0 aliphatic carbocycles. The number of carbonyl (C=O) groups is 1. The van der Waals surface area contributed by atoms with Gasteiger partial charge in [-0.2, -0.15) is 0 Å². The maximum Gasteiger partial charge on any atom is 0.235 e. The predicted molar refractivity (Wildman–Crippen MR) is 93.3 cm³/mol. The van der Waals surface area contributed by atoms with Gasteiger partial charge >= 0.3 is 0 Å². The van der Waals surface area contributed by atoms with Gasteiger partial charge in [0.15, 0.2) is 5.78 Å². The maximum absolute atomic E-state index is 12.4. The van der Waals surface area contributed by atoms with Crippen LogP contribution >= 0.6 is 0 Å². The summed E-state index contributed by atoms with van der Waals surface area (Å²) < 4.78 is 26.3. The summed E-state index contributed by atoms with van der Waals surface area (Å²) in [5.74, 6) is -0.0205. The first-order valence-electron chi connectivity index (χ1n) is 7.50. The summed E-state index contributed by atoms with van der Waals surface area (Å²) in [4.78, 5) is 11.4. The molecule has 0 unspecified atom stereocenters. The van der Waals surface area contributed by atoms with E-state index in [4.69, 9.17) is 0 Å². The number of sulfonamides is 1. The number of nitrogens with zero attached hydrogens (tertiary/aromatic N) is 1. The van der Waals surface area contributed by atoms with E-state index in [1.807, 2.05) is 31.2 Å². The second-order valence-corrected chi connectivity index (χ2v) is 7.68. The van der Waals surface area contributed by atoms with Crippen LogP contribution in [0.4, 0.5) is 5.69 Å². The molecule has 4 nitrogen and oxygen atoms in total. The zero-order chi connectivity index (χ0) is 17.0. The van der Waals surface area contributed by atoms with Crippen LogP contribution in [0.5, 0.6) is 0 Å². The normalized spacial score (nSPS) is 11.3. The Bertz CT molecular complexity index is 778. The number of ketones is 1. The third-order valence-electron chi connectivity index (χ3n) is 3.71. The van der Waals surface area contributed by atoms with E-state index >= 15 is 0 Å². The van der Waals surface area contributed by atoms with Crippen LogP contribution in [0.15, 0.2) is 48.5 Å². The highest BCUT2D eigenvalue weighted by Gasteiger charge is 2.21. The zero-order valence-electron chi connectivity index (χ0n) is 13.6. The van der Waals surface area contributed by atoms with Crippen LogP contribution in [0.1, 0.15) is 35.3 Å². The quantitative estimate of drug-likeness (QED) is 0.761. The highest BCUT2D eigenvalue weighted by Crippen LogP contribution is 2.22. The van der Waals surface area contributed by atoms with Crippen molar-refractivity contribution in [1.29, 1.82) is 0 Å². The Morgan fingerprint density at radius 1 is 1.00 bits per heavy atom. The molecule has 0 aliphatic rings. The predicted octanol–water partition coefficient (Wildman–Crippen LogP) is 3.55. The van der Waals surface area contributed by atoms with E-state index in [1.165, 1.54) is 11.2 Å². The molecule has 0 radical (unpaired) electrons. The first-order valence-corrected chi connectivity index (χ1v) is 9.11. The Labute approximate surface area is 137 Å². The van der Waals surface area contributed by atoms with Crippen LogP contribution in [0.3, 0.4) is 0 Å². The molecule has 2 aromatic carbocycles. The monoisotopic (exact) mass is 331 g/mol. The molecule has 0 N–H and O–H groups in total. The second kappa shape index (κ2) is 6.96. The van der Waals surface area contributed by atoms with Crippen LogP contribution in [0.2, 0.25) is 0 Å². The maximum atomic E-state index is 12.4. The summed E-state index contributed by atoms with van der Waals surface area (Å²) >= 11 is 0. The third-order valence-corrected chi connectivity index (χ3v) is 5.45. The number of benzene rings is 2. The number of Topliss-reactive ketones (excluding diaryl/α,β-unsaturated/α-hetero) is 1. The number of hydrogen-bond donors (Lipinski definition) is 0. The molecule has 0 spiro atoms. The Hall–Kier alpha value is -2.14. The van der Waals surface area contributed by atoms with E-state index in [9.17, 15) is 13.2 Å². The van der Waals surface area contributed by atoms with Gasteiger partial charge in [0.05, 0.1) is 18.0 Å². The van der Waals surface area contributed by atoms with Gasteiger partial charge in [0, 0.05) is 5.56 Å². The standard InChI is InChI=1S/C18H21NO3S/c1-4-23(21,22)19(13-16-7-5-14(2)6-8-16)18-11-9-17(10-12-18)15(3)20/h5-12H,4,13H2,1-3H3. The molecule has 0 saturated heterocycles. The summed E-state index contributed by atoms with van der Waals surface area (Å²) in [6.45, 7) is 5.38. The van der Waals surface area contributed by atoms with Gasteiger partial charge in [0.2, 0.25) is 10.0 Å². The van der Waals surface area contributed by atoms with Crippen molar-refractivity contribution in [2.24, 2.45) is 0 Å². The first-order chi connectivity index (χ1) is 10.8. The summed E-state index contributed by atoms with van der Waals surface area (Å²) in [6, 6.07) is 14.5. The number of aryl methyl sites for hydroxylation is 1. The van der Waals surface area contributed by atoms with E-state index in [2.05, 4.69) is 0 Å². The van der Waals surface area contributed by atoms with Crippen molar-refractivity contribution >= 4 is 21.5 Å². The van der Waals surface area contributed by atoms with E-state index in [0.717, 1.165) is 11.1 Å². The van der Waals surface area contributed by atoms with Gasteiger partial charge in [0.1, 0.15) is 0 Å². The average molecular weight is 331 g/mol. The summed E-state index contributed by atoms with van der Waals surface area (Å²) in [5, 5.41) is 0. The molecule has 2 aromatic rings. The molecule has 0 saturated carbocycles. The molecule has 0 amide bonds. The molecule has 0 aromatic heterocycles. The van der Waals surface area contributed by atoms with Crippen molar-refractivity contribution in [3.63, 3.8) is 0 Å². The lowest BCUT2D eigenvalue weighted by molar-refractivity contribution is 0.101. The van der Waals surface area contributed by atoms with Crippen LogP contribution in [-0.2, 0) is 16.6 Å². The topological polar surface area (TPSA) is 54.5 Å². The SMILES string of the molecule is CCS(=O)(=O)N(Cc1ccc(C)cc1)c1ccc(C(C)=O)cc1. The molecule has 0 atom stereocenters. The lowest BCUT2D eigenvalue weighted by Gasteiger charge is -2.24. The van der Waals surface area contributed by atoms with Crippen LogP contribution in [0, 0.1) is 6.92 Å². The van der Waals surface area contributed by atoms with E-state index < -0.39 is 10.0 Å². The molecule has 0 fully saturated rings. The van der Waals surface area contributed by atoms with Gasteiger partial charge in [-0.15, -0.1) is 0 Å². The lowest BCUT2D eigenvalue weighted by atomic mass is 10.1. The van der Waals surface area contributed by atoms with Gasteiger partial charge in [-0.1, -0.05) is 29.8 Å².